The fraction of sp³-hybridized carbons (Fsp3) is 0.296. The number of hydrogen-bond donors (Lipinski definition) is 2. The number of amides is 2. The Kier molecular flexibility index (Phi) is 7.82. The molecule has 2 heterocycles. The lowest BCUT2D eigenvalue weighted by Gasteiger charge is -2.32. The summed E-state index contributed by atoms with van der Waals surface area (Å²) in [5.74, 6) is 1.99. The maximum absolute atomic E-state index is 12.8. The Balaban J connectivity index is 1.30. The number of ether oxygens (including phenoxy) is 2. The van der Waals surface area contributed by atoms with Gasteiger partial charge in [-0.05, 0) is 54.8 Å². The molecule has 0 radical (unpaired) electrons. The van der Waals surface area contributed by atoms with Crippen LogP contribution >= 0.6 is 0 Å². The standard InChI is InChI=1S/C27H30N4O4/c1-34-23-7-3-5-19(15-23)18-29-26(32)20-10-13-31(14-11-20)25-16-21(9-12-28-25)27(33)30-22-6-4-8-24(17-22)35-2/h3-9,12,15-17,20H,10-11,13-14,18H2,1-2H3,(H,29,32)(H,30,33). The molecule has 0 spiro atoms. The van der Waals surface area contributed by atoms with E-state index in [2.05, 4.69) is 20.5 Å². The Labute approximate surface area is 205 Å². The topological polar surface area (TPSA) is 92.8 Å². The first kappa shape index (κ1) is 24.1. The number of hydrogen-bond acceptors (Lipinski definition) is 6. The molecule has 0 aliphatic carbocycles. The number of pyridine rings is 1. The summed E-state index contributed by atoms with van der Waals surface area (Å²) in [7, 11) is 3.22. The summed E-state index contributed by atoms with van der Waals surface area (Å²) in [5.41, 5.74) is 2.19. The van der Waals surface area contributed by atoms with Gasteiger partial charge in [0.05, 0.1) is 14.2 Å². The van der Waals surface area contributed by atoms with Crippen LogP contribution in [0.5, 0.6) is 11.5 Å². The van der Waals surface area contributed by atoms with E-state index in [1.165, 1.54) is 0 Å². The number of aromatic nitrogens is 1. The van der Waals surface area contributed by atoms with Crippen LogP contribution in [0.15, 0.2) is 66.9 Å². The number of benzene rings is 2. The van der Waals surface area contributed by atoms with Gasteiger partial charge in [0, 0.05) is 49.1 Å². The molecule has 2 amide bonds. The van der Waals surface area contributed by atoms with Gasteiger partial charge in [-0.2, -0.15) is 0 Å². The summed E-state index contributed by atoms with van der Waals surface area (Å²) in [5, 5.41) is 5.93. The number of carbonyl (C=O) groups is 2. The molecule has 0 saturated carbocycles. The molecule has 8 nitrogen and oxygen atoms in total. The Morgan fingerprint density at radius 1 is 0.971 bits per heavy atom. The number of carbonyl (C=O) groups excluding carboxylic acids is 2. The van der Waals surface area contributed by atoms with Gasteiger partial charge in [0.2, 0.25) is 5.91 Å². The number of nitrogens with one attached hydrogen (secondary N) is 2. The normalized spacial score (nSPS) is 13.7. The predicted molar refractivity (Wildman–Crippen MR) is 135 cm³/mol. The van der Waals surface area contributed by atoms with Crippen LogP contribution in [-0.2, 0) is 11.3 Å². The van der Waals surface area contributed by atoms with Crippen molar-refractivity contribution in [2.24, 2.45) is 5.92 Å². The van der Waals surface area contributed by atoms with E-state index >= 15 is 0 Å². The van der Waals surface area contributed by atoms with E-state index in [0.717, 1.165) is 30.0 Å². The summed E-state index contributed by atoms with van der Waals surface area (Å²) in [6.45, 7) is 1.87. The van der Waals surface area contributed by atoms with Crippen LogP contribution in [0.4, 0.5) is 11.5 Å². The molecule has 1 aliphatic rings. The van der Waals surface area contributed by atoms with Gasteiger partial charge in [-0.1, -0.05) is 18.2 Å². The second kappa shape index (κ2) is 11.4. The molecule has 3 aromatic rings. The van der Waals surface area contributed by atoms with Crippen molar-refractivity contribution < 1.29 is 19.1 Å². The number of nitrogens with zero attached hydrogens (tertiary/aromatic N) is 2. The second-order valence-electron chi connectivity index (χ2n) is 8.42. The van der Waals surface area contributed by atoms with Crippen LogP contribution < -0.4 is 25.0 Å². The molecule has 182 valence electrons. The van der Waals surface area contributed by atoms with Crippen molar-refractivity contribution >= 4 is 23.3 Å². The molecule has 1 aromatic heterocycles. The van der Waals surface area contributed by atoms with Crippen molar-refractivity contribution in [2.75, 3.05) is 37.5 Å². The van der Waals surface area contributed by atoms with Gasteiger partial charge >= 0.3 is 0 Å². The van der Waals surface area contributed by atoms with Gasteiger partial charge in [-0.3, -0.25) is 9.59 Å². The molecular formula is C27H30N4O4. The molecule has 0 unspecified atom stereocenters. The third-order valence-corrected chi connectivity index (χ3v) is 6.13. The Morgan fingerprint density at radius 3 is 2.43 bits per heavy atom. The molecule has 1 aliphatic heterocycles. The lowest BCUT2D eigenvalue weighted by atomic mass is 9.95. The van der Waals surface area contributed by atoms with Crippen molar-refractivity contribution in [3.05, 3.63) is 78.0 Å². The van der Waals surface area contributed by atoms with Gasteiger partial charge in [-0.15, -0.1) is 0 Å². The van der Waals surface area contributed by atoms with E-state index in [0.29, 0.717) is 36.6 Å². The van der Waals surface area contributed by atoms with Crippen LogP contribution in [0.1, 0.15) is 28.8 Å². The number of rotatable bonds is 8. The first-order valence-electron chi connectivity index (χ1n) is 11.6. The largest absolute Gasteiger partial charge is 0.497 e. The summed E-state index contributed by atoms with van der Waals surface area (Å²) < 4.78 is 10.5. The van der Waals surface area contributed by atoms with Crippen molar-refractivity contribution in [3.8, 4) is 11.5 Å². The molecule has 4 rings (SSSR count). The summed E-state index contributed by atoms with van der Waals surface area (Å²) in [6.07, 6.45) is 3.10. The van der Waals surface area contributed by atoms with E-state index in [1.807, 2.05) is 42.5 Å². The minimum absolute atomic E-state index is 0.0450. The van der Waals surface area contributed by atoms with E-state index in [-0.39, 0.29) is 17.7 Å². The molecule has 0 atom stereocenters. The zero-order valence-electron chi connectivity index (χ0n) is 20.0. The average Bonchev–Trinajstić information content (AvgIpc) is 2.92. The zero-order valence-corrected chi connectivity index (χ0v) is 20.0. The predicted octanol–water partition coefficient (Wildman–Crippen LogP) is 3.88. The van der Waals surface area contributed by atoms with E-state index < -0.39 is 0 Å². The third-order valence-electron chi connectivity index (χ3n) is 6.13. The molecule has 1 fully saturated rings. The molecule has 35 heavy (non-hydrogen) atoms. The monoisotopic (exact) mass is 474 g/mol. The lowest BCUT2D eigenvalue weighted by Crippen LogP contribution is -2.40. The van der Waals surface area contributed by atoms with E-state index in [9.17, 15) is 9.59 Å². The smallest absolute Gasteiger partial charge is 0.255 e. The number of methoxy groups -OCH3 is 2. The summed E-state index contributed by atoms with van der Waals surface area (Å²) >= 11 is 0. The lowest BCUT2D eigenvalue weighted by molar-refractivity contribution is -0.125. The zero-order chi connectivity index (χ0) is 24.6. The highest BCUT2D eigenvalue weighted by Crippen LogP contribution is 2.24. The van der Waals surface area contributed by atoms with Crippen LogP contribution in [-0.4, -0.2) is 44.1 Å². The van der Waals surface area contributed by atoms with Crippen LogP contribution in [0.2, 0.25) is 0 Å². The molecular weight excluding hydrogens is 444 g/mol. The molecule has 2 N–H and O–H groups in total. The van der Waals surface area contributed by atoms with Crippen LogP contribution in [0.3, 0.4) is 0 Å². The molecule has 1 saturated heterocycles. The maximum Gasteiger partial charge on any atom is 0.255 e. The number of piperidine rings is 1. The van der Waals surface area contributed by atoms with Gasteiger partial charge < -0.3 is 25.0 Å². The first-order valence-corrected chi connectivity index (χ1v) is 11.6. The maximum atomic E-state index is 12.8. The summed E-state index contributed by atoms with van der Waals surface area (Å²) in [6, 6.07) is 18.4. The minimum Gasteiger partial charge on any atom is -0.497 e. The third kappa shape index (κ3) is 6.29. The van der Waals surface area contributed by atoms with Gasteiger partial charge in [0.1, 0.15) is 17.3 Å². The fourth-order valence-electron chi connectivity index (χ4n) is 4.12. The number of anilines is 2. The van der Waals surface area contributed by atoms with Crippen molar-refractivity contribution in [1.29, 1.82) is 0 Å². The van der Waals surface area contributed by atoms with Crippen molar-refractivity contribution in [3.63, 3.8) is 0 Å². The fourth-order valence-corrected chi connectivity index (χ4v) is 4.12. The second-order valence-corrected chi connectivity index (χ2v) is 8.42. The Morgan fingerprint density at radius 2 is 1.69 bits per heavy atom. The SMILES string of the molecule is COc1cccc(CNC(=O)C2CCN(c3cc(C(=O)Nc4cccc(OC)c4)ccn3)CC2)c1. The van der Waals surface area contributed by atoms with Crippen molar-refractivity contribution in [1.82, 2.24) is 10.3 Å². The average molecular weight is 475 g/mol. The van der Waals surface area contributed by atoms with Crippen LogP contribution in [0, 0.1) is 5.92 Å². The molecule has 8 heteroatoms. The van der Waals surface area contributed by atoms with E-state index in [1.54, 1.807) is 38.6 Å². The highest BCUT2D eigenvalue weighted by Gasteiger charge is 2.26. The van der Waals surface area contributed by atoms with Gasteiger partial charge in [-0.25, -0.2) is 4.98 Å². The minimum atomic E-state index is -0.214. The Bertz CT molecular complexity index is 1180. The highest BCUT2D eigenvalue weighted by atomic mass is 16.5. The molecule has 0 bridgehead atoms. The van der Waals surface area contributed by atoms with Gasteiger partial charge in [0.25, 0.3) is 5.91 Å². The highest BCUT2D eigenvalue weighted by molar-refractivity contribution is 6.04. The van der Waals surface area contributed by atoms with Gasteiger partial charge in [0.15, 0.2) is 0 Å². The first-order chi connectivity index (χ1) is 17.1. The quantitative estimate of drug-likeness (QED) is 0.515. The summed E-state index contributed by atoms with van der Waals surface area (Å²) in [4.78, 5) is 32.0. The Hall–Kier alpha value is -4.07. The van der Waals surface area contributed by atoms with Crippen molar-refractivity contribution in [2.45, 2.75) is 19.4 Å². The van der Waals surface area contributed by atoms with Crippen LogP contribution in [0.25, 0.3) is 0 Å². The van der Waals surface area contributed by atoms with E-state index in [4.69, 9.17) is 9.47 Å². The molecule has 2 aromatic carbocycles.